The maximum absolute atomic E-state index is 12.2. The third kappa shape index (κ3) is 3.27. The van der Waals surface area contributed by atoms with Crippen LogP contribution < -0.4 is 0 Å². The molecule has 4 aliphatic carbocycles. The SMILES string of the molecule is CC(=O)O.CC(=O)[C@H]1CC[C@H]2[C@@H]3CCC4=CC(=O)CC(C)[C@]4(C)[C@H]3CC[C@]12C. The lowest BCUT2D eigenvalue weighted by molar-refractivity contribution is -0.134. The van der Waals surface area contributed by atoms with Gasteiger partial charge in [-0.2, -0.15) is 0 Å². The van der Waals surface area contributed by atoms with Crippen LogP contribution in [0.5, 0.6) is 0 Å². The summed E-state index contributed by atoms with van der Waals surface area (Å²) in [7, 11) is 0. The second-order valence-corrected chi connectivity index (χ2v) is 10.2. The van der Waals surface area contributed by atoms with E-state index < -0.39 is 5.97 Å². The third-order valence-corrected chi connectivity index (χ3v) is 9.00. The van der Waals surface area contributed by atoms with Crippen molar-refractivity contribution in [1.29, 1.82) is 0 Å². The second kappa shape index (κ2) is 7.42. The Morgan fingerprint density at radius 1 is 1.07 bits per heavy atom. The van der Waals surface area contributed by atoms with Gasteiger partial charge in [0.05, 0.1) is 0 Å². The molecule has 4 nitrogen and oxygen atoms in total. The predicted octanol–water partition coefficient (Wildman–Crippen LogP) is 5.06. The van der Waals surface area contributed by atoms with E-state index >= 15 is 0 Å². The van der Waals surface area contributed by atoms with E-state index in [0.717, 1.165) is 32.1 Å². The van der Waals surface area contributed by atoms with Gasteiger partial charge in [-0.1, -0.05) is 26.3 Å². The Morgan fingerprint density at radius 3 is 2.32 bits per heavy atom. The first kappa shape index (κ1) is 21.3. The standard InChI is InChI=1S/C22H32O2.C2H4O2/c1-13-11-16(24)12-15-5-6-17-19-8-7-18(14(2)23)21(19,3)10-9-20(17)22(13,15)4;1-2(3)4/h12-13,17-20H,5-11H2,1-4H3;1H3,(H,3,4)/t13?,17-,18+,19-,20-,21+,22-;/m0./s1. The van der Waals surface area contributed by atoms with Gasteiger partial charge in [-0.25, -0.2) is 0 Å². The molecular weight excluding hydrogens is 352 g/mol. The summed E-state index contributed by atoms with van der Waals surface area (Å²) in [6, 6.07) is 0. The molecule has 3 fully saturated rings. The first-order chi connectivity index (χ1) is 13.0. The monoisotopic (exact) mass is 388 g/mol. The summed E-state index contributed by atoms with van der Waals surface area (Å²) in [6.07, 6.45) is 9.85. The van der Waals surface area contributed by atoms with Crippen LogP contribution >= 0.6 is 0 Å². The molecule has 28 heavy (non-hydrogen) atoms. The molecule has 4 rings (SSSR count). The van der Waals surface area contributed by atoms with Crippen molar-refractivity contribution in [1.82, 2.24) is 0 Å². The average molecular weight is 389 g/mol. The fourth-order valence-electron chi connectivity index (χ4n) is 7.61. The van der Waals surface area contributed by atoms with E-state index in [0.29, 0.717) is 35.2 Å². The molecule has 0 aromatic carbocycles. The van der Waals surface area contributed by atoms with Crippen LogP contribution in [0.25, 0.3) is 0 Å². The number of carboxylic acid groups (broad SMARTS) is 1. The second-order valence-electron chi connectivity index (χ2n) is 10.2. The van der Waals surface area contributed by atoms with Crippen molar-refractivity contribution in [3.05, 3.63) is 11.6 Å². The molecule has 0 radical (unpaired) electrons. The Labute approximate surface area is 169 Å². The number of aliphatic carboxylic acids is 1. The van der Waals surface area contributed by atoms with E-state index in [1.165, 1.54) is 31.3 Å². The van der Waals surface area contributed by atoms with Gasteiger partial charge in [-0.3, -0.25) is 14.4 Å². The molecule has 156 valence electrons. The number of hydrogen-bond donors (Lipinski definition) is 1. The van der Waals surface area contributed by atoms with E-state index in [1.54, 1.807) is 0 Å². The number of carbonyl (C=O) groups excluding carboxylic acids is 2. The fraction of sp³-hybridized carbons (Fsp3) is 0.792. The number of ketones is 2. The minimum Gasteiger partial charge on any atom is -0.481 e. The summed E-state index contributed by atoms with van der Waals surface area (Å²) in [5.41, 5.74) is 1.89. The lowest BCUT2D eigenvalue weighted by Gasteiger charge is -2.59. The normalized spacial score (nSPS) is 44.2. The van der Waals surface area contributed by atoms with Gasteiger partial charge in [0, 0.05) is 19.3 Å². The van der Waals surface area contributed by atoms with Gasteiger partial charge in [-0.15, -0.1) is 0 Å². The van der Waals surface area contributed by atoms with Gasteiger partial charge in [0.1, 0.15) is 5.78 Å². The van der Waals surface area contributed by atoms with Crippen LogP contribution in [0.3, 0.4) is 0 Å². The van der Waals surface area contributed by atoms with Crippen LogP contribution in [0.2, 0.25) is 0 Å². The first-order valence-corrected chi connectivity index (χ1v) is 11.0. The summed E-state index contributed by atoms with van der Waals surface area (Å²) in [4.78, 5) is 33.3. The quantitative estimate of drug-likeness (QED) is 0.681. The summed E-state index contributed by atoms with van der Waals surface area (Å²) in [5.74, 6) is 2.86. The van der Waals surface area contributed by atoms with E-state index in [2.05, 4.69) is 20.8 Å². The van der Waals surface area contributed by atoms with Crippen LogP contribution in [-0.4, -0.2) is 22.6 Å². The Balaban J connectivity index is 0.000000516. The molecule has 0 spiro atoms. The lowest BCUT2D eigenvalue weighted by Crippen LogP contribution is -2.53. The molecule has 0 saturated heterocycles. The first-order valence-electron chi connectivity index (χ1n) is 11.0. The van der Waals surface area contributed by atoms with Crippen LogP contribution in [0.4, 0.5) is 0 Å². The zero-order chi connectivity index (χ0) is 20.9. The smallest absolute Gasteiger partial charge is 0.300 e. The fourth-order valence-corrected chi connectivity index (χ4v) is 7.61. The topological polar surface area (TPSA) is 71.4 Å². The number of carbonyl (C=O) groups is 3. The highest BCUT2D eigenvalue weighted by atomic mass is 16.4. The molecule has 3 saturated carbocycles. The van der Waals surface area contributed by atoms with Crippen molar-refractivity contribution < 1.29 is 19.5 Å². The highest BCUT2D eigenvalue weighted by Gasteiger charge is 2.60. The number of allylic oxidation sites excluding steroid dienone is 1. The Bertz CT molecular complexity index is 703. The zero-order valence-electron chi connectivity index (χ0n) is 18.1. The Hall–Kier alpha value is -1.45. The minimum atomic E-state index is -0.833. The molecule has 4 aliphatic rings. The third-order valence-electron chi connectivity index (χ3n) is 9.00. The van der Waals surface area contributed by atoms with Gasteiger partial charge in [0.25, 0.3) is 5.97 Å². The Morgan fingerprint density at radius 2 is 1.71 bits per heavy atom. The van der Waals surface area contributed by atoms with Crippen LogP contribution in [0.15, 0.2) is 11.6 Å². The number of fused-ring (bicyclic) bond motifs is 5. The molecule has 1 N–H and O–H groups in total. The zero-order valence-corrected chi connectivity index (χ0v) is 18.1. The summed E-state index contributed by atoms with van der Waals surface area (Å²) >= 11 is 0. The molecule has 0 bridgehead atoms. The van der Waals surface area contributed by atoms with Gasteiger partial charge in [-0.05, 0) is 86.0 Å². The van der Waals surface area contributed by atoms with Crippen molar-refractivity contribution in [2.75, 3.05) is 0 Å². The van der Waals surface area contributed by atoms with E-state index in [4.69, 9.17) is 9.90 Å². The van der Waals surface area contributed by atoms with Gasteiger partial charge in [0.2, 0.25) is 0 Å². The number of Topliss-reactive ketones (excluding diaryl/α,β-unsaturated/α-hetero) is 1. The Kier molecular flexibility index (Phi) is 5.64. The molecule has 0 amide bonds. The van der Waals surface area contributed by atoms with E-state index in [9.17, 15) is 9.59 Å². The molecule has 0 aromatic heterocycles. The van der Waals surface area contributed by atoms with Crippen LogP contribution in [0.1, 0.15) is 79.6 Å². The summed E-state index contributed by atoms with van der Waals surface area (Å²) in [5, 5.41) is 7.42. The van der Waals surface area contributed by atoms with E-state index in [-0.39, 0.29) is 10.8 Å². The maximum atomic E-state index is 12.2. The molecule has 1 unspecified atom stereocenters. The molecule has 0 aromatic rings. The summed E-state index contributed by atoms with van der Waals surface area (Å²) in [6.45, 7) is 10.1. The van der Waals surface area contributed by atoms with Crippen LogP contribution in [0, 0.1) is 40.4 Å². The highest BCUT2D eigenvalue weighted by Crippen LogP contribution is 2.67. The molecule has 0 aliphatic heterocycles. The molecule has 7 atom stereocenters. The summed E-state index contributed by atoms with van der Waals surface area (Å²) < 4.78 is 0. The number of hydrogen-bond acceptors (Lipinski definition) is 3. The minimum absolute atomic E-state index is 0.215. The van der Waals surface area contributed by atoms with E-state index in [1.807, 2.05) is 13.0 Å². The number of rotatable bonds is 1. The van der Waals surface area contributed by atoms with Crippen molar-refractivity contribution in [2.45, 2.75) is 79.6 Å². The lowest BCUT2D eigenvalue weighted by atomic mass is 9.45. The molecule has 4 heteroatoms. The van der Waals surface area contributed by atoms with Crippen molar-refractivity contribution in [3.8, 4) is 0 Å². The molecule has 0 heterocycles. The van der Waals surface area contributed by atoms with Crippen molar-refractivity contribution in [2.24, 2.45) is 40.4 Å². The number of carboxylic acids is 1. The van der Waals surface area contributed by atoms with Crippen molar-refractivity contribution in [3.63, 3.8) is 0 Å². The van der Waals surface area contributed by atoms with Crippen LogP contribution in [-0.2, 0) is 14.4 Å². The van der Waals surface area contributed by atoms with Gasteiger partial charge >= 0.3 is 0 Å². The highest BCUT2D eigenvalue weighted by molar-refractivity contribution is 5.92. The van der Waals surface area contributed by atoms with Crippen molar-refractivity contribution >= 4 is 17.5 Å². The molecular formula is C24H36O4. The maximum Gasteiger partial charge on any atom is 0.300 e. The average Bonchev–Trinajstić information content (AvgIpc) is 2.93. The van der Waals surface area contributed by atoms with Gasteiger partial charge in [0.15, 0.2) is 5.78 Å². The largest absolute Gasteiger partial charge is 0.481 e. The predicted molar refractivity (Wildman–Crippen MR) is 109 cm³/mol. The van der Waals surface area contributed by atoms with Gasteiger partial charge < -0.3 is 5.11 Å².